The average molecular weight is 262 g/mol. The van der Waals surface area contributed by atoms with E-state index in [2.05, 4.69) is 10.1 Å². The molecule has 1 N–H and O–H groups in total. The Bertz CT molecular complexity index is 391. The molecular weight excluding hydrogens is 246 g/mol. The summed E-state index contributed by atoms with van der Waals surface area (Å²) in [6.45, 7) is 2.48. The molecule has 0 spiro atoms. The highest BCUT2D eigenvalue weighted by Crippen LogP contribution is 2.32. The standard InChI is InChI=1S/C11H16F2N2O3/c1-11(4-2-3-5-17-11)10-14-8(18-15-10)6-7(16)9(12)13/h7,9,16H,2-6H2,1H3. The van der Waals surface area contributed by atoms with Crippen LogP contribution < -0.4 is 0 Å². The van der Waals surface area contributed by atoms with Gasteiger partial charge in [-0.05, 0) is 26.2 Å². The Kier molecular flexibility index (Phi) is 3.91. The minimum atomic E-state index is -2.82. The number of halogens is 2. The van der Waals surface area contributed by atoms with Crippen LogP contribution in [0.1, 0.15) is 37.9 Å². The molecule has 0 aliphatic carbocycles. The van der Waals surface area contributed by atoms with Gasteiger partial charge in [-0.25, -0.2) is 8.78 Å². The fraction of sp³-hybridized carbons (Fsp3) is 0.818. The minimum absolute atomic E-state index is 0.00759. The zero-order valence-electron chi connectivity index (χ0n) is 10.1. The summed E-state index contributed by atoms with van der Waals surface area (Å²) in [7, 11) is 0. The molecule has 0 bridgehead atoms. The molecule has 1 fully saturated rings. The van der Waals surface area contributed by atoms with Gasteiger partial charge in [0.15, 0.2) is 0 Å². The first-order valence-corrected chi connectivity index (χ1v) is 5.94. The first-order chi connectivity index (χ1) is 8.51. The van der Waals surface area contributed by atoms with Gasteiger partial charge < -0.3 is 14.4 Å². The zero-order chi connectivity index (χ0) is 13.2. The van der Waals surface area contributed by atoms with Crippen molar-refractivity contribution in [1.29, 1.82) is 0 Å². The van der Waals surface area contributed by atoms with E-state index in [0.717, 1.165) is 19.3 Å². The van der Waals surface area contributed by atoms with Crippen molar-refractivity contribution in [2.24, 2.45) is 0 Å². The van der Waals surface area contributed by atoms with Gasteiger partial charge in [-0.15, -0.1) is 0 Å². The van der Waals surface area contributed by atoms with Crippen LogP contribution >= 0.6 is 0 Å². The van der Waals surface area contributed by atoms with Gasteiger partial charge >= 0.3 is 0 Å². The molecule has 0 aromatic carbocycles. The summed E-state index contributed by atoms with van der Waals surface area (Å²) in [6, 6.07) is 0. The van der Waals surface area contributed by atoms with Crippen LogP contribution in [-0.4, -0.2) is 34.4 Å². The average Bonchev–Trinajstić information content (AvgIpc) is 2.79. The molecule has 1 aliphatic rings. The Morgan fingerprint density at radius 2 is 2.22 bits per heavy atom. The van der Waals surface area contributed by atoms with Gasteiger partial charge in [-0.2, -0.15) is 4.98 Å². The van der Waals surface area contributed by atoms with Crippen molar-refractivity contribution < 1.29 is 23.1 Å². The van der Waals surface area contributed by atoms with Crippen molar-refractivity contribution in [3.05, 3.63) is 11.7 Å². The fourth-order valence-corrected chi connectivity index (χ4v) is 1.93. The van der Waals surface area contributed by atoms with Gasteiger partial charge in [-0.3, -0.25) is 0 Å². The van der Waals surface area contributed by atoms with Crippen LogP contribution in [-0.2, 0) is 16.8 Å². The summed E-state index contributed by atoms with van der Waals surface area (Å²) in [5.74, 6) is 0.367. The molecule has 0 radical (unpaired) electrons. The number of aliphatic hydroxyl groups excluding tert-OH is 1. The van der Waals surface area contributed by atoms with E-state index >= 15 is 0 Å². The van der Waals surface area contributed by atoms with Crippen LogP contribution in [0.4, 0.5) is 8.78 Å². The van der Waals surface area contributed by atoms with Gasteiger partial charge in [0, 0.05) is 6.61 Å². The second-order valence-corrected chi connectivity index (χ2v) is 4.65. The van der Waals surface area contributed by atoms with E-state index in [1.54, 1.807) is 0 Å². The molecule has 0 saturated carbocycles. The van der Waals surface area contributed by atoms with Crippen molar-refractivity contribution in [3.63, 3.8) is 0 Å². The highest BCUT2D eigenvalue weighted by atomic mass is 19.3. The quantitative estimate of drug-likeness (QED) is 0.893. The third-order valence-corrected chi connectivity index (χ3v) is 3.08. The zero-order valence-corrected chi connectivity index (χ0v) is 10.1. The van der Waals surface area contributed by atoms with E-state index < -0.39 is 18.1 Å². The molecule has 5 nitrogen and oxygen atoms in total. The maximum absolute atomic E-state index is 12.2. The monoisotopic (exact) mass is 262 g/mol. The molecule has 2 rings (SSSR count). The molecule has 1 aliphatic heterocycles. The molecule has 102 valence electrons. The highest BCUT2D eigenvalue weighted by Gasteiger charge is 2.35. The van der Waals surface area contributed by atoms with Crippen LogP contribution in [0.2, 0.25) is 0 Å². The van der Waals surface area contributed by atoms with Crippen molar-refractivity contribution in [1.82, 2.24) is 10.1 Å². The molecule has 18 heavy (non-hydrogen) atoms. The Hall–Kier alpha value is -1.08. The Labute approximate surface area is 103 Å². The molecule has 2 atom stereocenters. The minimum Gasteiger partial charge on any atom is -0.387 e. The van der Waals surface area contributed by atoms with Crippen LogP contribution in [0.15, 0.2) is 4.52 Å². The molecule has 0 amide bonds. The molecule has 2 heterocycles. The smallest absolute Gasteiger partial charge is 0.264 e. The summed E-state index contributed by atoms with van der Waals surface area (Å²) >= 11 is 0. The second kappa shape index (κ2) is 5.27. The van der Waals surface area contributed by atoms with Crippen molar-refractivity contribution in [2.75, 3.05) is 6.61 Å². The maximum atomic E-state index is 12.2. The van der Waals surface area contributed by atoms with E-state index in [-0.39, 0.29) is 12.3 Å². The topological polar surface area (TPSA) is 68.4 Å². The molecule has 1 saturated heterocycles. The molecule has 7 heteroatoms. The number of hydrogen-bond acceptors (Lipinski definition) is 5. The largest absolute Gasteiger partial charge is 0.387 e. The predicted octanol–water partition coefficient (Wildman–Crippen LogP) is 1.65. The number of ether oxygens (including phenoxy) is 1. The third-order valence-electron chi connectivity index (χ3n) is 3.08. The van der Waals surface area contributed by atoms with Gasteiger partial charge in [0.05, 0.1) is 6.42 Å². The summed E-state index contributed by atoms with van der Waals surface area (Å²) in [4.78, 5) is 4.03. The van der Waals surface area contributed by atoms with Crippen molar-refractivity contribution in [3.8, 4) is 0 Å². The fourth-order valence-electron chi connectivity index (χ4n) is 1.93. The van der Waals surface area contributed by atoms with Crippen molar-refractivity contribution in [2.45, 2.75) is 50.7 Å². The van der Waals surface area contributed by atoms with Gasteiger partial charge in [0.2, 0.25) is 11.7 Å². The molecule has 1 aromatic rings. The van der Waals surface area contributed by atoms with Gasteiger partial charge in [-0.1, -0.05) is 5.16 Å². The summed E-state index contributed by atoms with van der Waals surface area (Å²) < 4.78 is 34.9. The Morgan fingerprint density at radius 3 is 2.83 bits per heavy atom. The van der Waals surface area contributed by atoms with Gasteiger partial charge in [0.1, 0.15) is 11.7 Å². The lowest BCUT2D eigenvalue weighted by Crippen LogP contribution is -2.31. The predicted molar refractivity (Wildman–Crippen MR) is 57.2 cm³/mol. The molecular formula is C11H16F2N2O3. The molecule has 1 aromatic heterocycles. The van der Waals surface area contributed by atoms with Crippen LogP contribution in [0, 0.1) is 0 Å². The SMILES string of the molecule is CC1(c2noc(CC(O)C(F)F)n2)CCCCO1. The number of nitrogens with zero attached hydrogens (tertiary/aromatic N) is 2. The van der Waals surface area contributed by atoms with Crippen molar-refractivity contribution >= 4 is 0 Å². The van der Waals surface area contributed by atoms with E-state index in [9.17, 15) is 8.78 Å². The van der Waals surface area contributed by atoms with Crippen LogP contribution in [0.3, 0.4) is 0 Å². The summed E-state index contributed by atoms with van der Waals surface area (Å²) in [5, 5.41) is 12.8. The van der Waals surface area contributed by atoms with Gasteiger partial charge in [0.25, 0.3) is 6.43 Å². The number of aromatic nitrogens is 2. The number of alkyl halides is 2. The lowest BCUT2D eigenvalue weighted by molar-refractivity contribution is -0.0770. The number of aliphatic hydroxyl groups is 1. The first kappa shape index (κ1) is 13.4. The third kappa shape index (κ3) is 2.84. The normalized spacial score (nSPS) is 26.5. The Balaban J connectivity index is 2.05. The summed E-state index contributed by atoms with van der Waals surface area (Å²) in [6.07, 6.45) is -2.19. The van der Waals surface area contributed by atoms with E-state index in [0.29, 0.717) is 12.4 Å². The number of rotatable bonds is 4. The van der Waals surface area contributed by atoms with E-state index in [4.69, 9.17) is 14.4 Å². The highest BCUT2D eigenvalue weighted by molar-refractivity contribution is 5.01. The van der Waals surface area contributed by atoms with E-state index in [1.807, 2.05) is 6.92 Å². The van der Waals surface area contributed by atoms with E-state index in [1.165, 1.54) is 0 Å². The lowest BCUT2D eigenvalue weighted by atomic mass is 9.95. The number of hydrogen-bond donors (Lipinski definition) is 1. The molecule has 2 unspecified atom stereocenters. The maximum Gasteiger partial charge on any atom is 0.264 e. The second-order valence-electron chi connectivity index (χ2n) is 4.65. The van der Waals surface area contributed by atoms with Crippen LogP contribution in [0.5, 0.6) is 0 Å². The first-order valence-electron chi connectivity index (χ1n) is 5.94. The Morgan fingerprint density at radius 1 is 1.44 bits per heavy atom. The van der Waals surface area contributed by atoms with Crippen LogP contribution in [0.25, 0.3) is 0 Å². The summed E-state index contributed by atoms with van der Waals surface area (Å²) in [5.41, 5.74) is -0.615. The lowest BCUT2D eigenvalue weighted by Gasteiger charge is -2.30.